The zero-order valence-corrected chi connectivity index (χ0v) is 11.6. The summed E-state index contributed by atoms with van der Waals surface area (Å²) in [7, 11) is 0. The summed E-state index contributed by atoms with van der Waals surface area (Å²) in [4.78, 5) is 0. The Morgan fingerprint density at radius 2 is 1.00 bits per heavy atom. The molecular formula is C8H22O4S2Sn. The molecule has 15 heavy (non-hydrogen) atoms. The van der Waals surface area contributed by atoms with Crippen molar-refractivity contribution in [1.29, 1.82) is 0 Å². The van der Waals surface area contributed by atoms with Crippen LogP contribution in [0, 0.1) is 0 Å². The van der Waals surface area contributed by atoms with Crippen LogP contribution < -0.4 is 0 Å². The van der Waals surface area contributed by atoms with E-state index in [0.29, 0.717) is 0 Å². The Balaban J connectivity index is -0.0000000370. The standard InChI is InChI=1S/2C3H8O2S.2CH4.Sn/c2*4-1-3(5)2-6;;;/h2*3-6H,1-2H2;2*1H4;/q;;;;+2/p-2. The maximum Gasteiger partial charge on any atom is 2.00 e. The Morgan fingerprint density at radius 3 is 1.00 bits per heavy atom. The average molecular weight is 365 g/mol. The normalized spacial score (nSPS) is 11.6. The van der Waals surface area contributed by atoms with Gasteiger partial charge in [0.2, 0.25) is 0 Å². The molecule has 0 heterocycles. The van der Waals surface area contributed by atoms with Gasteiger partial charge >= 0.3 is 23.9 Å². The van der Waals surface area contributed by atoms with E-state index in [1.54, 1.807) is 0 Å². The van der Waals surface area contributed by atoms with Crippen molar-refractivity contribution in [3.05, 3.63) is 0 Å². The van der Waals surface area contributed by atoms with Crippen molar-refractivity contribution in [2.24, 2.45) is 0 Å². The van der Waals surface area contributed by atoms with E-state index in [9.17, 15) is 0 Å². The van der Waals surface area contributed by atoms with E-state index < -0.39 is 12.2 Å². The van der Waals surface area contributed by atoms with Gasteiger partial charge in [0.1, 0.15) is 0 Å². The van der Waals surface area contributed by atoms with Gasteiger partial charge < -0.3 is 45.7 Å². The van der Waals surface area contributed by atoms with Gasteiger partial charge in [-0.25, -0.2) is 0 Å². The molecule has 4 nitrogen and oxygen atoms in total. The summed E-state index contributed by atoms with van der Waals surface area (Å²) in [5, 5.41) is 32.7. The Hall–Kier alpha value is 1.34. The van der Waals surface area contributed by atoms with Crippen LogP contribution >= 0.6 is 0 Å². The molecule has 0 bridgehead atoms. The van der Waals surface area contributed by atoms with Crippen molar-refractivity contribution in [2.75, 3.05) is 24.7 Å². The first-order chi connectivity index (χ1) is 5.62. The monoisotopic (exact) mass is 366 g/mol. The molecule has 7 heteroatoms. The molecule has 2 radical (unpaired) electrons. The minimum Gasteiger partial charge on any atom is -0.790 e. The van der Waals surface area contributed by atoms with Crippen LogP contribution in [-0.4, -0.2) is 81.3 Å². The maximum absolute atomic E-state index is 8.31. The number of hydrogen-bond donors (Lipinski definition) is 4. The fourth-order valence-electron chi connectivity index (χ4n) is 0.105. The predicted molar refractivity (Wildman–Crippen MR) is 69.9 cm³/mol. The zero-order valence-electron chi connectivity index (χ0n) is 7.09. The summed E-state index contributed by atoms with van der Waals surface area (Å²) in [5.74, 6) is 0.438. The van der Waals surface area contributed by atoms with Crippen LogP contribution in [0.3, 0.4) is 0 Å². The zero-order chi connectivity index (χ0) is 9.98. The first kappa shape index (κ1) is 29.9. The van der Waals surface area contributed by atoms with Gasteiger partial charge in [0.25, 0.3) is 0 Å². The molecular weight excluding hydrogens is 343 g/mol. The van der Waals surface area contributed by atoms with E-state index in [-0.39, 0.29) is 63.5 Å². The second kappa shape index (κ2) is 24.5. The molecule has 0 spiro atoms. The average Bonchev–Trinajstić information content (AvgIpc) is 2.16. The van der Waals surface area contributed by atoms with Crippen molar-refractivity contribution < 1.29 is 20.4 Å². The smallest absolute Gasteiger partial charge is 0.790 e. The summed E-state index contributed by atoms with van der Waals surface area (Å²) in [5.41, 5.74) is 0. The van der Waals surface area contributed by atoms with Gasteiger partial charge in [-0.1, -0.05) is 14.9 Å². The summed E-state index contributed by atoms with van der Waals surface area (Å²) in [6.45, 7) is -0.438. The molecule has 0 aliphatic heterocycles. The molecule has 0 aromatic rings. The van der Waals surface area contributed by atoms with E-state index in [4.69, 9.17) is 20.4 Å². The maximum atomic E-state index is 8.31. The SMILES string of the molecule is C.C.OCC(O)C[S-].OCC(O)C[S-].[Sn+2]. The topological polar surface area (TPSA) is 80.9 Å². The van der Waals surface area contributed by atoms with Crippen LogP contribution in [0.1, 0.15) is 14.9 Å². The van der Waals surface area contributed by atoms with Crippen LogP contribution in [0.4, 0.5) is 0 Å². The van der Waals surface area contributed by atoms with Crippen molar-refractivity contribution in [2.45, 2.75) is 27.1 Å². The number of rotatable bonds is 4. The molecule has 2 atom stereocenters. The predicted octanol–water partition coefficient (Wildman–Crippen LogP) is -1.34. The van der Waals surface area contributed by atoms with E-state index in [0.717, 1.165) is 0 Å². The van der Waals surface area contributed by atoms with Crippen LogP contribution in [0.15, 0.2) is 0 Å². The van der Waals surface area contributed by atoms with Gasteiger partial charge in [0, 0.05) is 0 Å². The molecule has 0 rings (SSSR count). The molecule has 0 fully saturated rings. The largest absolute Gasteiger partial charge is 2.00 e. The molecule has 0 aromatic heterocycles. The number of aliphatic hydroxyl groups is 4. The van der Waals surface area contributed by atoms with Crippen LogP contribution in [0.2, 0.25) is 0 Å². The van der Waals surface area contributed by atoms with E-state index in [2.05, 4.69) is 25.3 Å². The molecule has 0 aliphatic carbocycles. The summed E-state index contributed by atoms with van der Waals surface area (Å²) in [6, 6.07) is 0. The van der Waals surface area contributed by atoms with Gasteiger partial charge in [0.15, 0.2) is 0 Å². The third-order valence-corrected chi connectivity index (χ3v) is 1.58. The van der Waals surface area contributed by atoms with Crippen molar-refractivity contribution in [3.8, 4) is 0 Å². The summed E-state index contributed by atoms with van der Waals surface area (Å²) in [6.07, 6.45) is -1.39. The Morgan fingerprint density at radius 1 is 0.800 bits per heavy atom. The summed E-state index contributed by atoms with van der Waals surface area (Å²) >= 11 is 8.73. The molecule has 0 saturated heterocycles. The fourth-order valence-corrected chi connectivity index (χ4v) is 0.316. The number of hydrogen-bond acceptors (Lipinski definition) is 6. The van der Waals surface area contributed by atoms with Gasteiger partial charge in [-0.15, -0.1) is 11.5 Å². The summed E-state index contributed by atoms with van der Waals surface area (Å²) < 4.78 is 0. The van der Waals surface area contributed by atoms with E-state index in [1.807, 2.05) is 0 Å². The minimum absolute atomic E-state index is 0. The van der Waals surface area contributed by atoms with Crippen LogP contribution in [0.25, 0.3) is 0 Å². The van der Waals surface area contributed by atoms with Gasteiger partial charge in [-0.2, -0.15) is 0 Å². The first-order valence-electron chi connectivity index (χ1n) is 3.36. The second-order valence-electron chi connectivity index (χ2n) is 2.01. The van der Waals surface area contributed by atoms with Crippen LogP contribution in [-0.2, 0) is 25.3 Å². The molecule has 0 saturated carbocycles. The fraction of sp³-hybridized carbons (Fsp3) is 1.00. The van der Waals surface area contributed by atoms with Crippen molar-refractivity contribution in [3.63, 3.8) is 0 Å². The third-order valence-electron chi connectivity index (χ3n) is 0.806. The van der Waals surface area contributed by atoms with Crippen LogP contribution in [0.5, 0.6) is 0 Å². The van der Waals surface area contributed by atoms with Crippen molar-refractivity contribution >= 4 is 49.2 Å². The molecule has 0 aromatic carbocycles. The molecule has 2 unspecified atom stereocenters. The molecule has 94 valence electrons. The van der Waals surface area contributed by atoms with Gasteiger partial charge in [-0.3, -0.25) is 0 Å². The molecule has 0 amide bonds. The first-order valence-corrected chi connectivity index (χ1v) is 4.51. The van der Waals surface area contributed by atoms with E-state index >= 15 is 0 Å². The Labute approximate surface area is 121 Å². The van der Waals surface area contributed by atoms with Gasteiger partial charge in [0.05, 0.1) is 25.4 Å². The minimum atomic E-state index is -0.694. The number of aliphatic hydroxyl groups excluding tert-OH is 4. The Kier molecular flexibility index (Phi) is 48.9. The second-order valence-corrected chi connectivity index (χ2v) is 2.67. The molecule has 0 aliphatic rings. The Bertz CT molecular complexity index is 73.0. The molecule has 4 N–H and O–H groups in total. The third kappa shape index (κ3) is 31.3. The van der Waals surface area contributed by atoms with E-state index in [1.165, 1.54) is 0 Å². The van der Waals surface area contributed by atoms with Gasteiger partial charge in [-0.05, 0) is 0 Å². The van der Waals surface area contributed by atoms with Crippen molar-refractivity contribution in [1.82, 2.24) is 0 Å². The quantitative estimate of drug-likeness (QED) is 0.365.